The van der Waals surface area contributed by atoms with Gasteiger partial charge in [0, 0.05) is 22.9 Å². The number of carbonyl (C=O) groups excluding carboxylic acids is 2. The van der Waals surface area contributed by atoms with Crippen molar-refractivity contribution in [3.63, 3.8) is 0 Å². The zero-order valence-corrected chi connectivity index (χ0v) is 14.5. The van der Waals surface area contributed by atoms with E-state index in [1.807, 2.05) is 0 Å². The molecule has 1 fully saturated rings. The third kappa shape index (κ3) is 6.64. The van der Waals surface area contributed by atoms with Gasteiger partial charge in [-0.15, -0.1) is 0 Å². The molecule has 0 heterocycles. The summed E-state index contributed by atoms with van der Waals surface area (Å²) >= 11 is 0. The summed E-state index contributed by atoms with van der Waals surface area (Å²) < 4.78 is 0. The van der Waals surface area contributed by atoms with Gasteiger partial charge in [-0.2, -0.15) is 0 Å². The van der Waals surface area contributed by atoms with Gasteiger partial charge in [0.15, 0.2) is 0 Å². The first-order valence-electron chi connectivity index (χ1n) is 9.08. The van der Waals surface area contributed by atoms with Crippen molar-refractivity contribution in [2.75, 3.05) is 13.1 Å². The summed E-state index contributed by atoms with van der Waals surface area (Å²) in [6, 6.07) is 6.79. The Hall–Kier alpha value is -2.24. The molecule has 0 radical (unpaired) electrons. The van der Waals surface area contributed by atoms with E-state index in [0.29, 0.717) is 18.5 Å². The van der Waals surface area contributed by atoms with Crippen LogP contribution in [0.25, 0.3) is 0 Å². The van der Waals surface area contributed by atoms with Crippen LogP contribution in [0.5, 0.6) is 0 Å². The fourth-order valence-electron chi connectivity index (χ4n) is 3.26. The molecule has 25 heavy (non-hydrogen) atoms. The molecule has 6 heteroatoms. The maximum absolute atomic E-state index is 12.3. The average molecular weight is 346 g/mol. The van der Waals surface area contributed by atoms with Gasteiger partial charge < -0.3 is 5.32 Å². The lowest BCUT2D eigenvalue weighted by Crippen LogP contribution is -2.32. The number of benzene rings is 1. The van der Waals surface area contributed by atoms with Gasteiger partial charge in [-0.1, -0.05) is 56.4 Å². The fourth-order valence-corrected chi connectivity index (χ4v) is 3.26. The lowest BCUT2D eigenvalue weighted by atomic mass is 9.90. The van der Waals surface area contributed by atoms with Crippen LogP contribution in [-0.2, 0) is 11.2 Å². The normalized spacial score (nSPS) is 15.8. The molecule has 0 atom stereocenters. The molecule has 1 aromatic rings. The van der Waals surface area contributed by atoms with Crippen molar-refractivity contribution in [2.45, 2.75) is 51.4 Å². The number of ketones is 1. The molecule has 6 nitrogen and oxygen atoms in total. The van der Waals surface area contributed by atoms with E-state index in [1.54, 1.807) is 24.3 Å². The number of hydrogen-bond donors (Lipinski definition) is 1. The van der Waals surface area contributed by atoms with Crippen LogP contribution < -0.4 is 5.32 Å². The SMILES string of the molecule is O=C(C[N+](=O)[O-])c1ccc(CCNC(=O)C2CCCCCCC2)cc1. The molecule has 0 aromatic heterocycles. The van der Waals surface area contributed by atoms with Gasteiger partial charge in [0.05, 0.1) is 0 Å². The van der Waals surface area contributed by atoms with E-state index in [2.05, 4.69) is 5.32 Å². The quantitative estimate of drug-likeness (QED) is 0.466. The first-order valence-corrected chi connectivity index (χ1v) is 9.08. The van der Waals surface area contributed by atoms with Crippen LogP contribution in [0.1, 0.15) is 60.9 Å². The molecule has 136 valence electrons. The maximum atomic E-state index is 12.3. The summed E-state index contributed by atoms with van der Waals surface area (Å²) in [5.41, 5.74) is 1.34. The molecule has 1 saturated carbocycles. The third-order valence-electron chi connectivity index (χ3n) is 4.74. The molecule has 0 saturated heterocycles. The Morgan fingerprint density at radius 1 is 1.04 bits per heavy atom. The molecular formula is C19H26N2O4. The first-order chi connectivity index (χ1) is 12.1. The van der Waals surface area contributed by atoms with Gasteiger partial charge in [0.25, 0.3) is 6.54 Å². The first kappa shape index (κ1) is 19.1. The molecule has 0 bridgehead atoms. The minimum Gasteiger partial charge on any atom is -0.356 e. The monoisotopic (exact) mass is 346 g/mol. The van der Waals surface area contributed by atoms with E-state index in [1.165, 1.54) is 19.3 Å². The summed E-state index contributed by atoms with van der Waals surface area (Å²) in [5.74, 6) is -0.198. The molecule has 0 aliphatic heterocycles. The number of nitrogens with one attached hydrogen (secondary N) is 1. The largest absolute Gasteiger partial charge is 0.356 e. The molecule has 2 rings (SSSR count). The summed E-state index contributed by atoms with van der Waals surface area (Å²) in [4.78, 5) is 33.6. The van der Waals surface area contributed by atoms with Crippen molar-refractivity contribution in [1.82, 2.24) is 5.32 Å². The summed E-state index contributed by atoms with van der Waals surface area (Å²) in [5, 5.41) is 13.4. The average Bonchev–Trinajstić information content (AvgIpc) is 2.54. The van der Waals surface area contributed by atoms with E-state index < -0.39 is 17.3 Å². The van der Waals surface area contributed by atoms with Crippen LogP contribution in [0.15, 0.2) is 24.3 Å². The highest BCUT2D eigenvalue weighted by Crippen LogP contribution is 2.22. The van der Waals surface area contributed by atoms with Crippen molar-refractivity contribution in [2.24, 2.45) is 5.92 Å². The standard InChI is InChI=1S/C19H26N2O4/c22-18(14-21(24)25)16-10-8-15(9-11-16)12-13-20-19(23)17-6-4-2-1-3-5-7-17/h8-11,17H,1-7,12-14H2,(H,20,23). The van der Waals surface area contributed by atoms with Gasteiger partial charge in [0.2, 0.25) is 11.7 Å². The Balaban J connectivity index is 1.76. The Morgan fingerprint density at radius 3 is 2.24 bits per heavy atom. The van der Waals surface area contributed by atoms with Crippen LogP contribution in [0.3, 0.4) is 0 Å². The topological polar surface area (TPSA) is 89.3 Å². The predicted molar refractivity (Wildman–Crippen MR) is 95.2 cm³/mol. The zero-order valence-electron chi connectivity index (χ0n) is 14.5. The van der Waals surface area contributed by atoms with Gasteiger partial charge in [-0.3, -0.25) is 19.7 Å². The number of nitro groups is 1. The molecule has 1 amide bonds. The molecule has 1 aliphatic rings. The van der Waals surface area contributed by atoms with E-state index in [4.69, 9.17) is 0 Å². The number of Topliss-reactive ketones (excluding diaryl/α,β-unsaturated/α-hetero) is 1. The number of amides is 1. The minimum atomic E-state index is -0.684. The van der Waals surface area contributed by atoms with Gasteiger partial charge in [0.1, 0.15) is 0 Å². The second-order valence-electron chi connectivity index (χ2n) is 6.69. The Labute approximate surface area is 148 Å². The van der Waals surface area contributed by atoms with Crippen molar-refractivity contribution >= 4 is 11.7 Å². The van der Waals surface area contributed by atoms with E-state index in [9.17, 15) is 19.7 Å². The third-order valence-corrected chi connectivity index (χ3v) is 4.74. The minimum absolute atomic E-state index is 0.141. The maximum Gasteiger partial charge on any atom is 0.265 e. The molecule has 1 aliphatic carbocycles. The van der Waals surface area contributed by atoms with Gasteiger partial charge in [-0.25, -0.2) is 0 Å². The number of hydrogen-bond acceptors (Lipinski definition) is 4. The number of carbonyl (C=O) groups is 2. The second kappa shape index (κ2) is 9.91. The second-order valence-corrected chi connectivity index (χ2v) is 6.69. The number of nitrogens with zero attached hydrogens (tertiary/aromatic N) is 1. The molecule has 0 unspecified atom stereocenters. The van der Waals surface area contributed by atoms with Crippen molar-refractivity contribution in [3.8, 4) is 0 Å². The van der Waals surface area contributed by atoms with Crippen LogP contribution in [0.2, 0.25) is 0 Å². The van der Waals surface area contributed by atoms with Crippen LogP contribution in [0.4, 0.5) is 0 Å². The predicted octanol–water partition coefficient (Wildman–Crippen LogP) is 3.17. The van der Waals surface area contributed by atoms with E-state index >= 15 is 0 Å². The Bertz CT molecular complexity index is 590. The van der Waals surface area contributed by atoms with Gasteiger partial charge in [-0.05, 0) is 24.8 Å². The van der Waals surface area contributed by atoms with Crippen LogP contribution >= 0.6 is 0 Å². The molecule has 1 N–H and O–H groups in total. The van der Waals surface area contributed by atoms with Crippen molar-refractivity contribution in [1.29, 1.82) is 0 Å². The van der Waals surface area contributed by atoms with Gasteiger partial charge >= 0.3 is 0 Å². The van der Waals surface area contributed by atoms with Crippen LogP contribution in [-0.4, -0.2) is 29.7 Å². The Kier molecular flexibility index (Phi) is 7.57. The highest BCUT2D eigenvalue weighted by Gasteiger charge is 2.18. The van der Waals surface area contributed by atoms with E-state index in [0.717, 1.165) is 31.2 Å². The van der Waals surface area contributed by atoms with Crippen molar-refractivity contribution in [3.05, 3.63) is 45.5 Å². The lowest BCUT2D eigenvalue weighted by Gasteiger charge is -2.19. The highest BCUT2D eigenvalue weighted by atomic mass is 16.6. The Morgan fingerprint density at radius 2 is 1.64 bits per heavy atom. The summed E-state index contributed by atoms with van der Waals surface area (Å²) in [7, 11) is 0. The fraction of sp³-hybridized carbons (Fsp3) is 0.579. The van der Waals surface area contributed by atoms with Crippen molar-refractivity contribution < 1.29 is 14.5 Å². The smallest absolute Gasteiger partial charge is 0.265 e. The zero-order chi connectivity index (χ0) is 18.1. The summed E-state index contributed by atoms with van der Waals surface area (Å²) in [6.07, 6.45) is 8.67. The highest BCUT2D eigenvalue weighted by molar-refractivity contribution is 5.96. The molecular weight excluding hydrogens is 320 g/mol. The lowest BCUT2D eigenvalue weighted by molar-refractivity contribution is -0.465. The number of rotatable bonds is 7. The van der Waals surface area contributed by atoms with Crippen LogP contribution in [0, 0.1) is 16.0 Å². The molecule has 0 spiro atoms. The molecule has 1 aromatic carbocycles. The van der Waals surface area contributed by atoms with E-state index in [-0.39, 0.29) is 11.8 Å². The summed E-state index contributed by atoms with van der Waals surface area (Å²) in [6.45, 7) is -0.117.